The molecule has 3 nitrogen and oxygen atoms in total. The summed E-state index contributed by atoms with van der Waals surface area (Å²) in [4.78, 5) is 0. The highest BCUT2D eigenvalue weighted by Crippen LogP contribution is 2.42. The van der Waals surface area contributed by atoms with Crippen molar-refractivity contribution in [2.45, 2.75) is 45.2 Å². The van der Waals surface area contributed by atoms with Gasteiger partial charge >= 0.3 is 0 Å². The average Bonchev–Trinajstić information content (AvgIpc) is 2.73. The van der Waals surface area contributed by atoms with Gasteiger partial charge in [0.2, 0.25) is 0 Å². The molecule has 1 aliphatic heterocycles. The lowest BCUT2D eigenvalue weighted by atomic mass is 9.78. The smallest absolute Gasteiger partial charge is 0.117 e. The van der Waals surface area contributed by atoms with Crippen molar-refractivity contribution < 1.29 is 14.9 Å². The molecular formula is C10H16O3. The van der Waals surface area contributed by atoms with Crippen molar-refractivity contribution in [2.75, 3.05) is 0 Å². The summed E-state index contributed by atoms with van der Waals surface area (Å²) in [5.74, 6) is 0. The Bertz CT molecular complexity index is 251. The molecule has 0 aromatic heterocycles. The van der Waals surface area contributed by atoms with E-state index in [1.807, 2.05) is 20.8 Å². The van der Waals surface area contributed by atoms with Gasteiger partial charge in [-0.3, -0.25) is 0 Å². The molecule has 0 bridgehead atoms. The van der Waals surface area contributed by atoms with E-state index in [0.717, 1.165) is 5.57 Å². The number of hydrogen-bond donors (Lipinski definition) is 2. The molecule has 2 aliphatic rings. The molecule has 1 saturated heterocycles. The van der Waals surface area contributed by atoms with Crippen LogP contribution in [-0.2, 0) is 4.74 Å². The Labute approximate surface area is 78.0 Å². The quantitative estimate of drug-likeness (QED) is 0.425. The molecule has 0 radical (unpaired) electrons. The van der Waals surface area contributed by atoms with Crippen LogP contribution in [0.25, 0.3) is 0 Å². The van der Waals surface area contributed by atoms with Gasteiger partial charge in [-0.25, -0.2) is 0 Å². The number of aliphatic hydroxyl groups is 2. The Kier molecular flexibility index (Phi) is 1.81. The third-order valence-corrected chi connectivity index (χ3v) is 2.74. The summed E-state index contributed by atoms with van der Waals surface area (Å²) in [6, 6.07) is 0. The predicted molar refractivity (Wildman–Crippen MR) is 48.2 cm³/mol. The Morgan fingerprint density at radius 3 is 2.38 bits per heavy atom. The number of rotatable bonds is 0. The molecule has 0 saturated carbocycles. The number of fused-ring (bicyclic) bond motifs is 1. The Hall–Kier alpha value is -0.380. The molecule has 3 heteroatoms. The van der Waals surface area contributed by atoms with Gasteiger partial charge < -0.3 is 14.9 Å². The van der Waals surface area contributed by atoms with E-state index in [9.17, 15) is 10.2 Å². The topological polar surface area (TPSA) is 53.0 Å². The molecule has 2 N–H and O–H groups in total. The van der Waals surface area contributed by atoms with E-state index in [2.05, 4.69) is 0 Å². The lowest BCUT2D eigenvalue weighted by Gasteiger charge is -2.29. The van der Waals surface area contributed by atoms with Crippen molar-refractivity contribution >= 4 is 0 Å². The molecule has 1 fully saturated rings. The molecule has 0 spiro atoms. The highest BCUT2D eigenvalue weighted by Gasteiger charge is 2.53. The minimum absolute atomic E-state index is 0.0999. The van der Waals surface area contributed by atoms with E-state index in [1.54, 1.807) is 6.08 Å². The molecule has 0 aromatic rings. The van der Waals surface area contributed by atoms with Gasteiger partial charge in [0.25, 0.3) is 0 Å². The second-order valence-corrected chi connectivity index (χ2v) is 4.87. The van der Waals surface area contributed by atoms with E-state index < -0.39 is 12.2 Å². The van der Waals surface area contributed by atoms with Crippen molar-refractivity contribution in [3.05, 3.63) is 11.6 Å². The summed E-state index contributed by atoms with van der Waals surface area (Å²) < 4.78 is 5.18. The standard InChI is InChI=1S/C10H16O3/c1-10(2,3)5-4-6(11)8-9(13-8)7(5)12/h4,6-9,11-12H,1-3H3/t6-,7+,8+,9-/m1/s1. The lowest BCUT2D eigenvalue weighted by molar-refractivity contribution is 0.141. The van der Waals surface area contributed by atoms with E-state index in [1.165, 1.54) is 0 Å². The molecule has 0 aromatic carbocycles. The highest BCUT2D eigenvalue weighted by atomic mass is 16.6. The zero-order valence-corrected chi connectivity index (χ0v) is 8.19. The first-order valence-electron chi connectivity index (χ1n) is 4.65. The van der Waals surface area contributed by atoms with Crippen molar-refractivity contribution in [3.8, 4) is 0 Å². The van der Waals surface area contributed by atoms with Crippen molar-refractivity contribution in [1.29, 1.82) is 0 Å². The summed E-state index contributed by atoms with van der Waals surface area (Å²) in [5.41, 5.74) is 0.788. The minimum atomic E-state index is -0.539. The van der Waals surface area contributed by atoms with Crippen LogP contribution in [0.1, 0.15) is 20.8 Å². The van der Waals surface area contributed by atoms with Crippen LogP contribution >= 0.6 is 0 Å². The molecule has 0 amide bonds. The Morgan fingerprint density at radius 2 is 1.85 bits per heavy atom. The molecule has 74 valence electrons. The first kappa shape index (κ1) is 9.19. The SMILES string of the molecule is CC(C)(C)C1=C[C@@H](O)[C@@H]2O[C@@H]2[C@H]1O. The van der Waals surface area contributed by atoms with E-state index in [4.69, 9.17) is 4.74 Å². The van der Waals surface area contributed by atoms with E-state index >= 15 is 0 Å². The number of ether oxygens (including phenoxy) is 1. The normalized spacial score (nSPS) is 43.9. The summed E-state index contributed by atoms with van der Waals surface area (Å²) in [6.45, 7) is 6.08. The summed E-state index contributed by atoms with van der Waals surface area (Å²) in [7, 11) is 0. The van der Waals surface area contributed by atoms with Gasteiger partial charge in [0.15, 0.2) is 0 Å². The molecule has 4 atom stereocenters. The predicted octanol–water partition coefficient (Wildman–Crippen LogP) is 0.462. The molecule has 0 unspecified atom stereocenters. The van der Waals surface area contributed by atoms with Crippen LogP contribution < -0.4 is 0 Å². The maximum atomic E-state index is 9.83. The molecule has 1 heterocycles. The number of epoxide rings is 1. The number of hydrogen-bond acceptors (Lipinski definition) is 3. The first-order valence-corrected chi connectivity index (χ1v) is 4.65. The third-order valence-electron chi connectivity index (χ3n) is 2.74. The fourth-order valence-corrected chi connectivity index (χ4v) is 1.91. The number of aliphatic hydroxyl groups excluding tert-OH is 2. The van der Waals surface area contributed by atoms with Crippen LogP contribution in [0, 0.1) is 5.41 Å². The Morgan fingerprint density at radius 1 is 1.23 bits per heavy atom. The van der Waals surface area contributed by atoms with Gasteiger partial charge in [0.1, 0.15) is 24.4 Å². The van der Waals surface area contributed by atoms with Crippen LogP contribution in [0.15, 0.2) is 11.6 Å². The van der Waals surface area contributed by atoms with Crippen LogP contribution in [-0.4, -0.2) is 34.6 Å². The zero-order valence-electron chi connectivity index (χ0n) is 8.19. The molecule has 2 rings (SSSR count). The van der Waals surface area contributed by atoms with E-state index in [-0.39, 0.29) is 17.6 Å². The second-order valence-electron chi connectivity index (χ2n) is 4.87. The highest BCUT2D eigenvalue weighted by molar-refractivity contribution is 5.28. The van der Waals surface area contributed by atoms with E-state index in [0.29, 0.717) is 0 Å². The van der Waals surface area contributed by atoms with Gasteiger partial charge in [-0.05, 0) is 11.0 Å². The van der Waals surface area contributed by atoms with Gasteiger partial charge in [0.05, 0.1) is 0 Å². The van der Waals surface area contributed by atoms with Crippen LogP contribution in [0.2, 0.25) is 0 Å². The zero-order chi connectivity index (χ0) is 9.80. The Balaban J connectivity index is 2.27. The van der Waals surface area contributed by atoms with Gasteiger partial charge in [-0.2, -0.15) is 0 Å². The minimum Gasteiger partial charge on any atom is -0.386 e. The average molecular weight is 184 g/mol. The maximum Gasteiger partial charge on any atom is 0.117 e. The first-order chi connectivity index (χ1) is 5.91. The largest absolute Gasteiger partial charge is 0.386 e. The van der Waals surface area contributed by atoms with Crippen molar-refractivity contribution in [1.82, 2.24) is 0 Å². The summed E-state index contributed by atoms with van der Waals surface area (Å²) in [6.07, 6.45) is 0.324. The van der Waals surface area contributed by atoms with Gasteiger partial charge in [-0.15, -0.1) is 0 Å². The lowest BCUT2D eigenvalue weighted by Crippen LogP contribution is -2.35. The molecular weight excluding hydrogens is 168 g/mol. The second kappa shape index (κ2) is 2.56. The summed E-state index contributed by atoms with van der Waals surface area (Å²) in [5, 5.41) is 19.4. The monoisotopic (exact) mass is 184 g/mol. The van der Waals surface area contributed by atoms with Crippen molar-refractivity contribution in [3.63, 3.8) is 0 Å². The summed E-state index contributed by atoms with van der Waals surface area (Å²) >= 11 is 0. The fourth-order valence-electron chi connectivity index (χ4n) is 1.91. The van der Waals surface area contributed by atoms with Crippen LogP contribution in [0.5, 0.6) is 0 Å². The molecule has 13 heavy (non-hydrogen) atoms. The third kappa shape index (κ3) is 1.41. The van der Waals surface area contributed by atoms with Crippen LogP contribution in [0.4, 0.5) is 0 Å². The maximum absolute atomic E-state index is 9.83. The molecule has 1 aliphatic carbocycles. The van der Waals surface area contributed by atoms with Crippen LogP contribution in [0.3, 0.4) is 0 Å². The van der Waals surface area contributed by atoms with Gasteiger partial charge in [0, 0.05) is 0 Å². The van der Waals surface area contributed by atoms with Crippen molar-refractivity contribution in [2.24, 2.45) is 5.41 Å². The van der Waals surface area contributed by atoms with Gasteiger partial charge in [-0.1, -0.05) is 26.8 Å². The fraction of sp³-hybridized carbons (Fsp3) is 0.800.